The molecule has 8 heteroatoms. The van der Waals surface area contributed by atoms with Crippen molar-refractivity contribution in [1.29, 1.82) is 0 Å². The highest BCUT2D eigenvalue weighted by Gasteiger charge is 2.35. The Morgan fingerprint density at radius 2 is 1.89 bits per heavy atom. The molecule has 0 radical (unpaired) electrons. The lowest BCUT2D eigenvalue weighted by Gasteiger charge is -2.41. The average Bonchev–Trinajstić information content (AvgIpc) is 2.72. The van der Waals surface area contributed by atoms with Gasteiger partial charge in [0, 0.05) is 38.8 Å². The molecular formula is C20H30FN3O3S. The van der Waals surface area contributed by atoms with E-state index < -0.39 is 15.8 Å². The molecule has 0 N–H and O–H groups in total. The summed E-state index contributed by atoms with van der Waals surface area (Å²) in [6.07, 6.45) is 4.26. The minimum absolute atomic E-state index is 0.0239. The topological polar surface area (TPSA) is 60.9 Å². The number of carbonyl (C=O) groups excluding carboxylic acids is 1. The number of halogens is 1. The second-order valence-electron chi connectivity index (χ2n) is 7.66. The third-order valence-electron chi connectivity index (χ3n) is 5.99. The summed E-state index contributed by atoms with van der Waals surface area (Å²) in [4.78, 5) is 17.1. The number of benzene rings is 1. The van der Waals surface area contributed by atoms with E-state index in [1.54, 1.807) is 0 Å². The highest BCUT2D eigenvalue weighted by Crippen LogP contribution is 2.23. The van der Waals surface area contributed by atoms with E-state index in [0.29, 0.717) is 32.2 Å². The molecular weight excluding hydrogens is 381 g/mol. The van der Waals surface area contributed by atoms with Crippen molar-refractivity contribution in [3.05, 3.63) is 30.1 Å². The monoisotopic (exact) mass is 411 g/mol. The molecule has 1 amide bonds. The first-order chi connectivity index (χ1) is 13.3. The lowest BCUT2D eigenvalue weighted by atomic mass is 9.99. The van der Waals surface area contributed by atoms with Gasteiger partial charge >= 0.3 is 0 Å². The number of sulfonamides is 1. The molecule has 2 atom stereocenters. The molecule has 2 heterocycles. The van der Waals surface area contributed by atoms with E-state index in [-0.39, 0.29) is 16.8 Å². The second-order valence-corrected chi connectivity index (χ2v) is 9.60. The predicted molar refractivity (Wildman–Crippen MR) is 106 cm³/mol. The molecule has 6 nitrogen and oxygen atoms in total. The van der Waals surface area contributed by atoms with E-state index in [0.717, 1.165) is 31.9 Å². The molecule has 156 valence electrons. The minimum Gasteiger partial charge on any atom is -0.338 e. The van der Waals surface area contributed by atoms with Crippen molar-refractivity contribution in [2.24, 2.45) is 0 Å². The van der Waals surface area contributed by atoms with Gasteiger partial charge in [-0.2, -0.15) is 4.31 Å². The molecule has 0 aromatic heterocycles. The molecule has 2 fully saturated rings. The van der Waals surface area contributed by atoms with Crippen molar-refractivity contribution in [2.75, 3.05) is 32.7 Å². The zero-order valence-corrected chi connectivity index (χ0v) is 17.5. The molecule has 3 rings (SSSR count). The van der Waals surface area contributed by atoms with Gasteiger partial charge in [0.05, 0.1) is 10.9 Å². The van der Waals surface area contributed by atoms with E-state index in [1.807, 2.05) is 11.8 Å². The van der Waals surface area contributed by atoms with Crippen LogP contribution >= 0.6 is 0 Å². The lowest BCUT2D eigenvalue weighted by Crippen LogP contribution is -2.57. The van der Waals surface area contributed by atoms with Crippen LogP contribution < -0.4 is 0 Å². The van der Waals surface area contributed by atoms with Crippen molar-refractivity contribution in [2.45, 2.75) is 56.5 Å². The van der Waals surface area contributed by atoms with E-state index >= 15 is 0 Å². The van der Waals surface area contributed by atoms with Gasteiger partial charge in [0.25, 0.3) is 0 Å². The number of hydrogen-bond donors (Lipinski definition) is 0. The summed E-state index contributed by atoms with van der Waals surface area (Å²) < 4.78 is 40.3. The second kappa shape index (κ2) is 8.88. The summed E-state index contributed by atoms with van der Waals surface area (Å²) in [5.41, 5.74) is 0. The van der Waals surface area contributed by atoms with E-state index in [9.17, 15) is 17.6 Å². The van der Waals surface area contributed by atoms with Crippen LogP contribution in [-0.4, -0.2) is 73.2 Å². The Bertz CT molecular complexity index is 794. The van der Waals surface area contributed by atoms with Crippen LogP contribution in [-0.2, 0) is 14.8 Å². The molecule has 28 heavy (non-hydrogen) atoms. The normalized spacial score (nSPS) is 23.5. The Kier molecular flexibility index (Phi) is 6.73. The minimum atomic E-state index is -3.72. The maximum atomic E-state index is 13.4. The SMILES string of the molecule is CCC1CCCCN1C(=O)C(C)N1CCN(S(=O)(=O)c2cccc(F)c2)CC1. The zero-order valence-electron chi connectivity index (χ0n) is 16.7. The van der Waals surface area contributed by atoms with E-state index in [2.05, 4.69) is 11.8 Å². The number of nitrogens with zero attached hydrogens (tertiary/aromatic N) is 3. The molecule has 2 aliphatic rings. The van der Waals surface area contributed by atoms with Crippen LogP contribution in [0.25, 0.3) is 0 Å². The number of amides is 1. The van der Waals surface area contributed by atoms with Crippen LogP contribution in [0, 0.1) is 5.82 Å². The summed E-state index contributed by atoms with van der Waals surface area (Å²) in [7, 11) is -3.72. The summed E-state index contributed by atoms with van der Waals surface area (Å²) in [5, 5.41) is 0. The Balaban J connectivity index is 1.62. The van der Waals surface area contributed by atoms with Gasteiger partial charge in [-0.1, -0.05) is 13.0 Å². The van der Waals surface area contributed by atoms with Gasteiger partial charge in [-0.15, -0.1) is 0 Å². The fraction of sp³-hybridized carbons (Fsp3) is 0.650. The van der Waals surface area contributed by atoms with E-state index in [4.69, 9.17) is 0 Å². The summed E-state index contributed by atoms with van der Waals surface area (Å²) in [5.74, 6) is -0.418. The molecule has 1 aromatic rings. The van der Waals surface area contributed by atoms with Crippen molar-refractivity contribution in [3.63, 3.8) is 0 Å². The van der Waals surface area contributed by atoms with Crippen molar-refractivity contribution >= 4 is 15.9 Å². The molecule has 0 aliphatic carbocycles. The number of hydrogen-bond acceptors (Lipinski definition) is 4. The number of piperazine rings is 1. The Morgan fingerprint density at radius 3 is 2.54 bits per heavy atom. The van der Waals surface area contributed by atoms with Crippen molar-refractivity contribution in [3.8, 4) is 0 Å². The van der Waals surface area contributed by atoms with Crippen LogP contribution in [0.4, 0.5) is 4.39 Å². The third kappa shape index (κ3) is 4.39. The molecule has 2 aliphatic heterocycles. The lowest BCUT2D eigenvalue weighted by molar-refractivity contribution is -0.140. The van der Waals surface area contributed by atoms with Gasteiger partial charge in [-0.25, -0.2) is 12.8 Å². The smallest absolute Gasteiger partial charge is 0.243 e. The summed E-state index contributed by atoms with van der Waals surface area (Å²) in [6.45, 7) is 6.44. The first-order valence-electron chi connectivity index (χ1n) is 10.1. The Labute approximate surface area is 167 Å². The molecule has 0 saturated carbocycles. The number of carbonyl (C=O) groups is 1. The average molecular weight is 412 g/mol. The highest BCUT2D eigenvalue weighted by molar-refractivity contribution is 7.89. The molecule has 2 unspecified atom stereocenters. The first-order valence-corrected chi connectivity index (χ1v) is 11.6. The van der Waals surface area contributed by atoms with Crippen LogP contribution in [0.2, 0.25) is 0 Å². The van der Waals surface area contributed by atoms with Gasteiger partial charge in [0.1, 0.15) is 5.82 Å². The Morgan fingerprint density at radius 1 is 1.18 bits per heavy atom. The summed E-state index contributed by atoms with van der Waals surface area (Å²) >= 11 is 0. The van der Waals surface area contributed by atoms with Crippen LogP contribution in [0.3, 0.4) is 0 Å². The van der Waals surface area contributed by atoms with Gasteiger partial charge in [0.2, 0.25) is 15.9 Å². The third-order valence-corrected chi connectivity index (χ3v) is 7.89. The van der Waals surface area contributed by atoms with Crippen LogP contribution in [0.1, 0.15) is 39.5 Å². The number of likely N-dealkylation sites (tertiary alicyclic amines) is 1. The van der Waals surface area contributed by atoms with Gasteiger partial charge < -0.3 is 4.90 Å². The number of piperidine rings is 1. The van der Waals surface area contributed by atoms with Gasteiger partial charge in [-0.05, 0) is 50.8 Å². The van der Waals surface area contributed by atoms with E-state index in [1.165, 1.54) is 28.9 Å². The van der Waals surface area contributed by atoms with Crippen LogP contribution in [0.5, 0.6) is 0 Å². The highest BCUT2D eigenvalue weighted by atomic mass is 32.2. The number of rotatable bonds is 5. The molecule has 1 aromatic carbocycles. The fourth-order valence-electron chi connectivity index (χ4n) is 4.22. The molecule has 0 spiro atoms. The zero-order chi connectivity index (χ0) is 20.3. The quantitative estimate of drug-likeness (QED) is 0.746. The van der Waals surface area contributed by atoms with Gasteiger partial charge in [0.15, 0.2) is 0 Å². The molecule has 2 saturated heterocycles. The summed E-state index contributed by atoms with van der Waals surface area (Å²) in [6, 6.07) is 5.16. The van der Waals surface area contributed by atoms with Gasteiger partial charge in [-0.3, -0.25) is 9.69 Å². The van der Waals surface area contributed by atoms with Crippen molar-refractivity contribution < 1.29 is 17.6 Å². The maximum Gasteiger partial charge on any atom is 0.243 e. The Hall–Kier alpha value is -1.51. The molecule has 0 bridgehead atoms. The largest absolute Gasteiger partial charge is 0.338 e. The van der Waals surface area contributed by atoms with Crippen molar-refractivity contribution in [1.82, 2.24) is 14.1 Å². The van der Waals surface area contributed by atoms with Crippen LogP contribution in [0.15, 0.2) is 29.2 Å². The standard InChI is InChI=1S/C20H30FN3O3S/c1-3-18-8-4-5-10-24(18)20(25)16(2)22-11-13-23(14-12-22)28(26,27)19-9-6-7-17(21)15-19/h6-7,9,15-16,18H,3-5,8,10-14H2,1-2H3. The maximum absolute atomic E-state index is 13.4. The fourth-order valence-corrected chi connectivity index (χ4v) is 5.67. The predicted octanol–water partition coefficient (Wildman–Crippen LogP) is 2.31. The first kappa shape index (κ1) is 21.2.